The molecule has 0 saturated carbocycles. The topological polar surface area (TPSA) is 59.1 Å². The highest BCUT2D eigenvalue weighted by molar-refractivity contribution is 6.46. The molecule has 0 fully saturated rings. The maximum Gasteiger partial charge on any atom is 0.282 e. The average molecular weight is 443 g/mol. The fraction of sp³-hybridized carbons (Fsp3) is 0.185. The van der Waals surface area contributed by atoms with Gasteiger partial charge in [0, 0.05) is 12.7 Å². The number of benzene rings is 3. The summed E-state index contributed by atoms with van der Waals surface area (Å²) in [5.74, 6) is 0.271. The number of carbonyl (C=O) groups is 2. The highest BCUT2D eigenvalue weighted by atomic mass is 16.5. The van der Waals surface area contributed by atoms with Gasteiger partial charge in [0.2, 0.25) is 0 Å². The van der Waals surface area contributed by atoms with Crippen molar-refractivity contribution in [2.45, 2.75) is 13.8 Å². The monoisotopic (exact) mass is 442 g/mol. The van der Waals surface area contributed by atoms with Crippen LogP contribution in [0, 0.1) is 13.8 Å². The molecule has 1 aliphatic heterocycles. The fourth-order valence-electron chi connectivity index (χ4n) is 4.18. The fourth-order valence-corrected chi connectivity index (χ4v) is 4.18. The molecule has 33 heavy (non-hydrogen) atoms. The maximum atomic E-state index is 13.8. The van der Waals surface area contributed by atoms with Gasteiger partial charge in [-0.05, 0) is 66.9 Å². The van der Waals surface area contributed by atoms with Crippen LogP contribution >= 0.6 is 0 Å². The Morgan fingerprint density at radius 1 is 0.758 bits per heavy atom. The van der Waals surface area contributed by atoms with E-state index in [9.17, 15) is 9.59 Å². The van der Waals surface area contributed by atoms with Gasteiger partial charge in [-0.25, -0.2) is 4.90 Å². The van der Waals surface area contributed by atoms with Crippen molar-refractivity contribution in [2.75, 3.05) is 31.1 Å². The first-order chi connectivity index (χ1) is 15.8. The van der Waals surface area contributed by atoms with Gasteiger partial charge in [0.15, 0.2) is 11.5 Å². The van der Waals surface area contributed by atoms with Gasteiger partial charge < -0.3 is 14.4 Å². The van der Waals surface area contributed by atoms with Gasteiger partial charge in [0.05, 0.1) is 25.5 Å². The quantitative estimate of drug-likeness (QED) is 0.516. The van der Waals surface area contributed by atoms with Crippen molar-refractivity contribution in [3.63, 3.8) is 0 Å². The second-order valence-electron chi connectivity index (χ2n) is 7.98. The van der Waals surface area contributed by atoms with Gasteiger partial charge in [-0.1, -0.05) is 30.3 Å². The predicted octanol–water partition coefficient (Wildman–Crippen LogP) is 4.74. The standard InChI is InChI=1S/C27H26N2O4/c1-17-13-18(2)15-21(14-17)29-26(30)24(19-11-12-22(32-4)23(16-19)33-5)25(27(29)31)28(3)20-9-7-6-8-10-20/h6-16H,1-5H3. The van der Waals surface area contributed by atoms with Crippen LogP contribution in [0.4, 0.5) is 11.4 Å². The first-order valence-corrected chi connectivity index (χ1v) is 10.6. The molecule has 0 spiro atoms. The molecule has 1 aliphatic rings. The van der Waals surface area contributed by atoms with Gasteiger partial charge in [0.1, 0.15) is 5.70 Å². The molecule has 1 heterocycles. The van der Waals surface area contributed by atoms with E-state index in [1.807, 2.05) is 62.4 Å². The molecule has 0 aliphatic carbocycles. The maximum absolute atomic E-state index is 13.8. The summed E-state index contributed by atoms with van der Waals surface area (Å²) in [6.45, 7) is 3.89. The van der Waals surface area contributed by atoms with Crippen LogP contribution in [0.3, 0.4) is 0 Å². The molecule has 2 amide bonds. The molecule has 168 valence electrons. The van der Waals surface area contributed by atoms with Crippen LogP contribution in [-0.2, 0) is 9.59 Å². The Morgan fingerprint density at radius 3 is 2.00 bits per heavy atom. The molecule has 0 bridgehead atoms. The molecule has 0 saturated heterocycles. The summed E-state index contributed by atoms with van der Waals surface area (Å²) in [6.07, 6.45) is 0. The minimum absolute atomic E-state index is 0.303. The van der Waals surface area contributed by atoms with E-state index in [-0.39, 0.29) is 11.8 Å². The van der Waals surface area contributed by atoms with Crippen LogP contribution in [0.15, 0.2) is 72.4 Å². The first kappa shape index (κ1) is 22.1. The van der Waals surface area contributed by atoms with Crippen LogP contribution in [0.2, 0.25) is 0 Å². The number of nitrogens with zero attached hydrogens (tertiary/aromatic N) is 2. The number of imide groups is 1. The van der Waals surface area contributed by atoms with Crippen molar-refractivity contribution in [3.8, 4) is 11.5 Å². The van der Waals surface area contributed by atoms with Gasteiger partial charge in [-0.2, -0.15) is 0 Å². The zero-order valence-corrected chi connectivity index (χ0v) is 19.4. The lowest BCUT2D eigenvalue weighted by Crippen LogP contribution is -2.34. The summed E-state index contributed by atoms with van der Waals surface area (Å²) in [5, 5.41) is 0. The first-order valence-electron chi connectivity index (χ1n) is 10.6. The van der Waals surface area contributed by atoms with Crippen molar-refractivity contribution >= 4 is 28.8 Å². The highest BCUT2D eigenvalue weighted by Gasteiger charge is 2.42. The SMILES string of the molecule is COc1ccc(C2=C(N(C)c3ccccc3)C(=O)N(c3cc(C)cc(C)c3)C2=O)cc1OC. The van der Waals surface area contributed by atoms with E-state index in [0.717, 1.165) is 16.8 Å². The Balaban J connectivity index is 1.92. The van der Waals surface area contributed by atoms with Crippen molar-refractivity contribution in [1.82, 2.24) is 0 Å². The van der Waals surface area contributed by atoms with Crippen LogP contribution in [0.25, 0.3) is 5.57 Å². The number of para-hydroxylation sites is 1. The molecular weight excluding hydrogens is 416 g/mol. The van der Waals surface area contributed by atoms with E-state index in [2.05, 4.69) is 0 Å². The van der Waals surface area contributed by atoms with E-state index >= 15 is 0 Å². The molecule has 0 aromatic heterocycles. The molecule has 0 atom stereocenters. The van der Waals surface area contributed by atoms with Crippen LogP contribution in [0.5, 0.6) is 11.5 Å². The molecule has 3 aromatic rings. The number of aryl methyl sites for hydroxylation is 2. The highest BCUT2D eigenvalue weighted by Crippen LogP contribution is 2.39. The van der Waals surface area contributed by atoms with Crippen LogP contribution < -0.4 is 19.3 Å². The third-order valence-electron chi connectivity index (χ3n) is 5.68. The lowest BCUT2D eigenvalue weighted by Gasteiger charge is -2.22. The van der Waals surface area contributed by atoms with Crippen molar-refractivity contribution in [1.29, 1.82) is 0 Å². The number of ether oxygens (including phenoxy) is 2. The number of likely N-dealkylation sites (N-methyl/N-ethyl adjacent to an activating group) is 1. The van der Waals surface area contributed by atoms with Gasteiger partial charge in [-0.15, -0.1) is 0 Å². The van der Waals surface area contributed by atoms with E-state index in [0.29, 0.717) is 34.0 Å². The van der Waals surface area contributed by atoms with Gasteiger partial charge >= 0.3 is 0 Å². The average Bonchev–Trinajstić information content (AvgIpc) is 3.07. The van der Waals surface area contributed by atoms with E-state index in [4.69, 9.17) is 9.47 Å². The summed E-state index contributed by atoms with van der Waals surface area (Å²) < 4.78 is 10.8. The lowest BCUT2D eigenvalue weighted by molar-refractivity contribution is -0.120. The van der Waals surface area contributed by atoms with Crippen LogP contribution in [0.1, 0.15) is 16.7 Å². The summed E-state index contributed by atoms with van der Waals surface area (Å²) in [4.78, 5) is 30.6. The van der Waals surface area contributed by atoms with Crippen LogP contribution in [-0.4, -0.2) is 33.1 Å². The molecule has 4 rings (SSSR count). The number of amides is 2. The number of hydrogen-bond donors (Lipinski definition) is 0. The number of anilines is 2. The summed E-state index contributed by atoms with van der Waals surface area (Å²) in [6, 6.07) is 20.4. The third kappa shape index (κ3) is 3.96. The molecule has 6 heteroatoms. The minimum atomic E-state index is -0.380. The predicted molar refractivity (Wildman–Crippen MR) is 130 cm³/mol. The molecule has 3 aromatic carbocycles. The summed E-state index contributed by atoms with van der Waals surface area (Å²) >= 11 is 0. The number of hydrogen-bond acceptors (Lipinski definition) is 5. The van der Waals surface area contributed by atoms with E-state index < -0.39 is 0 Å². The van der Waals surface area contributed by atoms with Crippen molar-refractivity contribution < 1.29 is 19.1 Å². The Labute approximate surface area is 193 Å². The van der Waals surface area contributed by atoms with Gasteiger partial charge in [-0.3, -0.25) is 9.59 Å². The third-order valence-corrected chi connectivity index (χ3v) is 5.68. The molecular formula is C27H26N2O4. The normalized spacial score (nSPS) is 13.5. The summed E-state index contributed by atoms with van der Waals surface area (Å²) in [7, 11) is 4.88. The Kier molecular flexibility index (Phi) is 5.92. The molecule has 0 unspecified atom stereocenters. The second-order valence-corrected chi connectivity index (χ2v) is 7.98. The molecule has 6 nitrogen and oxygen atoms in total. The van der Waals surface area contributed by atoms with E-state index in [1.165, 1.54) is 12.0 Å². The van der Waals surface area contributed by atoms with Crippen molar-refractivity contribution in [2.24, 2.45) is 0 Å². The molecule has 0 N–H and O–H groups in total. The number of rotatable bonds is 6. The Bertz CT molecular complexity index is 1240. The molecule has 0 radical (unpaired) electrons. The minimum Gasteiger partial charge on any atom is -0.493 e. The summed E-state index contributed by atoms with van der Waals surface area (Å²) in [5.41, 5.74) is 4.50. The smallest absolute Gasteiger partial charge is 0.282 e. The van der Waals surface area contributed by atoms with Gasteiger partial charge in [0.25, 0.3) is 11.8 Å². The van der Waals surface area contributed by atoms with E-state index in [1.54, 1.807) is 37.3 Å². The van der Waals surface area contributed by atoms with Crippen molar-refractivity contribution in [3.05, 3.63) is 89.1 Å². The Morgan fingerprint density at radius 2 is 1.39 bits per heavy atom. The number of methoxy groups -OCH3 is 2. The largest absolute Gasteiger partial charge is 0.493 e. The zero-order valence-electron chi connectivity index (χ0n) is 19.4. The zero-order chi connectivity index (χ0) is 23.7. The lowest BCUT2D eigenvalue weighted by atomic mass is 10.0. The Hall–Kier alpha value is -4.06. The number of carbonyl (C=O) groups excluding carboxylic acids is 2. The second kappa shape index (κ2) is 8.82.